The van der Waals surface area contributed by atoms with Crippen molar-refractivity contribution in [1.29, 1.82) is 0 Å². The number of hydrogen-bond donors (Lipinski definition) is 0. The van der Waals surface area contributed by atoms with Crippen LogP contribution in [0.5, 0.6) is 0 Å². The zero-order chi connectivity index (χ0) is 16.6. The van der Waals surface area contributed by atoms with Crippen LogP contribution in [0, 0.1) is 0 Å². The van der Waals surface area contributed by atoms with E-state index in [1.807, 2.05) is 11.6 Å². The number of ether oxygens (including phenoxy) is 1. The fourth-order valence-corrected chi connectivity index (χ4v) is 3.47. The second kappa shape index (κ2) is 6.00. The van der Waals surface area contributed by atoms with Gasteiger partial charge in [-0.25, -0.2) is 0 Å². The molecule has 1 aliphatic rings. The number of rotatable bonds is 3. The lowest BCUT2D eigenvalue weighted by molar-refractivity contribution is -0.137. The summed E-state index contributed by atoms with van der Waals surface area (Å²) < 4.78 is 6.93. The molecule has 0 aliphatic carbocycles. The van der Waals surface area contributed by atoms with E-state index in [1.54, 1.807) is 0 Å². The molecule has 1 atom stereocenters. The quantitative estimate of drug-likeness (QED) is 0.809. The summed E-state index contributed by atoms with van der Waals surface area (Å²) in [5.74, 6) is 0.647. The first kappa shape index (κ1) is 16.1. The molecule has 1 saturated heterocycles. The van der Waals surface area contributed by atoms with E-state index in [0.717, 1.165) is 23.0 Å². The zero-order valence-electron chi connectivity index (χ0n) is 13.9. The van der Waals surface area contributed by atoms with E-state index in [9.17, 15) is 4.79 Å². The first-order valence-electron chi connectivity index (χ1n) is 7.70. The molecule has 1 fully saturated rings. The largest absolute Gasteiger partial charge is 0.465 e. The number of aromatic nitrogens is 3. The maximum absolute atomic E-state index is 11.6. The molecular weight excluding hydrogens is 310 g/mol. The Morgan fingerprint density at radius 3 is 2.48 bits per heavy atom. The van der Waals surface area contributed by atoms with E-state index in [1.165, 1.54) is 17.3 Å². The molecule has 1 aromatic carbocycles. The summed E-state index contributed by atoms with van der Waals surface area (Å²) in [6, 6.07) is 8.40. The molecule has 0 saturated carbocycles. The average molecular weight is 331 g/mol. The SMILES string of the molecule is Cn1c(S[C@H]2CCOC2=O)nnc1-c1ccc(C(C)(C)C)cc1. The van der Waals surface area contributed by atoms with Crippen LogP contribution in [0.25, 0.3) is 11.4 Å². The van der Waals surface area contributed by atoms with Gasteiger partial charge in [0.1, 0.15) is 5.25 Å². The van der Waals surface area contributed by atoms with Crippen LogP contribution in [0.3, 0.4) is 0 Å². The molecule has 3 rings (SSSR count). The summed E-state index contributed by atoms with van der Waals surface area (Å²) in [4.78, 5) is 11.6. The van der Waals surface area contributed by atoms with Crippen LogP contribution >= 0.6 is 11.8 Å². The molecule has 0 radical (unpaired) electrons. The Labute approximate surface area is 140 Å². The van der Waals surface area contributed by atoms with E-state index < -0.39 is 0 Å². The van der Waals surface area contributed by atoms with Crippen molar-refractivity contribution in [2.75, 3.05) is 6.61 Å². The van der Waals surface area contributed by atoms with Gasteiger partial charge in [-0.3, -0.25) is 4.79 Å². The van der Waals surface area contributed by atoms with Crippen LogP contribution in [-0.2, 0) is 22.0 Å². The van der Waals surface area contributed by atoms with Crippen molar-refractivity contribution in [3.63, 3.8) is 0 Å². The van der Waals surface area contributed by atoms with Crippen molar-refractivity contribution < 1.29 is 9.53 Å². The molecule has 0 spiro atoms. The van der Waals surface area contributed by atoms with Gasteiger partial charge in [0.2, 0.25) is 0 Å². The Kier molecular flexibility index (Phi) is 4.19. The van der Waals surface area contributed by atoms with Gasteiger partial charge in [0.25, 0.3) is 0 Å². The Morgan fingerprint density at radius 2 is 1.91 bits per heavy atom. The lowest BCUT2D eigenvalue weighted by Crippen LogP contribution is -2.11. The van der Waals surface area contributed by atoms with Gasteiger partial charge >= 0.3 is 5.97 Å². The van der Waals surface area contributed by atoms with Crippen molar-refractivity contribution >= 4 is 17.7 Å². The lowest BCUT2D eigenvalue weighted by atomic mass is 9.87. The van der Waals surface area contributed by atoms with Crippen molar-refractivity contribution in [2.24, 2.45) is 7.05 Å². The Bertz CT molecular complexity index is 716. The van der Waals surface area contributed by atoms with Crippen molar-refractivity contribution in [3.05, 3.63) is 29.8 Å². The molecule has 1 aromatic heterocycles. The molecule has 23 heavy (non-hydrogen) atoms. The third-order valence-corrected chi connectivity index (χ3v) is 5.26. The van der Waals surface area contributed by atoms with Gasteiger partial charge in [0, 0.05) is 19.0 Å². The fraction of sp³-hybridized carbons (Fsp3) is 0.471. The number of benzene rings is 1. The van der Waals surface area contributed by atoms with Crippen molar-refractivity contribution in [1.82, 2.24) is 14.8 Å². The molecule has 0 bridgehead atoms. The zero-order valence-corrected chi connectivity index (χ0v) is 14.7. The summed E-state index contributed by atoms with van der Waals surface area (Å²) in [7, 11) is 1.93. The van der Waals surface area contributed by atoms with E-state index in [4.69, 9.17) is 4.74 Å². The minimum absolute atomic E-state index is 0.127. The Hall–Kier alpha value is -1.82. The van der Waals surface area contributed by atoms with Crippen molar-refractivity contribution in [3.8, 4) is 11.4 Å². The lowest BCUT2D eigenvalue weighted by Gasteiger charge is -2.19. The summed E-state index contributed by atoms with van der Waals surface area (Å²) in [6.45, 7) is 7.08. The van der Waals surface area contributed by atoms with Crippen LogP contribution in [0.1, 0.15) is 32.8 Å². The van der Waals surface area contributed by atoms with Crippen LogP contribution in [0.15, 0.2) is 29.4 Å². The topological polar surface area (TPSA) is 57.0 Å². The van der Waals surface area contributed by atoms with Gasteiger partial charge in [-0.1, -0.05) is 56.8 Å². The van der Waals surface area contributed by atoms with Crippen molar-refractivity contribution in [2.45, 2.75) is 43.0 Å². The summed E-state index contributed by atoms with van der Waals surface area (Å²) in [6.07, 6.45) is 0.728. The summed E-state index contributed by atoms with van der Waals surface area (Å²) in [5, 5.41) is 9.08. The van der Waals surface area contributed by atoms with Crippen LogP contribution < -0.4 is 0 Å². The standard InChI is InChI=1S/C17H21N3O2S/c1-17(2,3)12-7-5-11(6-8-12)14-18-19-16(20(14)4)23-13-9-10-22-15(13)21/h5-8,13H,9-10H2,1-4H3/t13-/m0/s1. The highest BCUT2D eigenvalue weighted by Gasteiger charge is 2.29. The first-order valence-corrected chi connectivity index (χ1v) is 8.58. The predicted octanol–water partition coefficient (Wildman–Crippen LogP) is 3.19. The number of carbonyl (C=O) groups is 1. The molecule has 0 amide bonds. The molecule has 0 N–H and O–H groups in total. The third kappa shape index (κ3) is 3.27. The molecule has 1 aliphatic heterocycles. The molecule has 2 aromatic rings. The first-order chi connectivity index (χ1) is 10.9. The maximum atomic E-state index is 11.6. The van der Waals surface area contributed by atoms with Crippen LogP contribution in [0.4, 0.5) is 0 Å². The minimum atomic E-state index is -0.172. The van der Waals surface area contributed by atoms with E-state index >= 15 is 0 Å². The van der Waals surface area contributed by atoms with Gasteiger partial charge in [-0.2, -0.15) is 0 Å². The molecule has 5 nitrogen and oxygen atoms in total. The number of esters is 1. The monoisotopic (exact) mass is 331 g/mol. The van der Waals surface area contributed by atoms with Gasteiger partial charge in [-0.05, 0) is 11.0 Å². The van der Waals surface area contributed by atoms with Gasteiger partial charge in [0.15, 0.2) is 11.0 Å². The molecular formula is C17H21N3O2S. The Morgan fingerprint density at radius 1 is 1.22 bits per heavy atom. The molecule has 0 unspecified atom stereocenters. The molecule has 122 valence electrons. The molecule has 2 heterocycles. The second-order valence-corrected chi connectivity index (χ2v) is 7.93. The van der Waals surface area contributed by atoms with Crippen LogP contribution in [0.2, 0.25) is 0 Å². The normalized spacial score (nSPS) is 18.3. The minimum Gasteiger partial charge on any atom is -0.465 e. The maximum Gasteiger partial charge on any atom is 0.319 e. The number of thioether (sulfide) groups is 1. The fourth-order valence-electron chi connectivity index (χ4n) is 2.50. The van der Waals surface area contributed by atoms with E-state index in [2.05, 4.69) is 55.2 Å². The van der Waals surface area contributed by atoms with Gasteiger partial charge < -0.3 is 9.30 Å². The van der Waals surface area contributed by atoms with E-state index in [0.29, 0.717) is 6.61 Å². The van der Waals surface area contributed by atoms with Crippen LogP contribution in [-0.4, -0.2) is 32.6 Å². The highest BCUT2D eigenvalue weighted by Crippen LogP contribution is 2.31. The average Bonchev–Trinajstić information content (AvgIpc) is 3.06. The second-order valence-electron chi connectivity index (χ2n) is 6.76. The highest BCUT2D eigenvalue weighted by atomic mass is 32.2. The number of carbonyl (C=O) groups excluding carboxylic acids is 1. The summed E-state index contributed by atoms with van der Waals surface area (Å²) in [5.41, 5.74) is 2.43. The van der Waals surface area contributed by atoms with Gasteiger partial charge in [0.05, 0.1) is 6.61 Å². The Balaban J connectivity index is 1.82. The number of cyclic esters (lactones) is 1. The third-order valence-electron chi connectivity index (χ3n) is 3.98. The smallest absolute Gasteiger partial charge is 0.319 e. The highest BCUT2D eigenvalue weighted by molar-refractivity contribution is 8.00. The van der Waals surface area contributed by atoms with E-state index in [-0.39, 0.29) is 16.6 Å². The summed E-state index contributed by atoms with van der Waals surface area (Å²) >= 11 is 1.42. The number of nitrogens with zero attached hydrogens (tertiary/aromatic N) is 3. The predicted molar refractivity (Wildman–Crippen MR) is 90.4 cm³/mol. The number of hydrogen-bond acceptors (Lipinski definition) is 5. The van der Waals surface area contributed by atoms with Gasteiger partial charge in [-0.15, -0.1) is 10.2 Å². The molecule has 6 heteroatoms.